The van der Waals surface area contributed by atoms with Crippen molar-refractivity contribution >= 4 is 21.9 Å². The molecule has 0 rings (SSSR count). The molecule has 0 fully saturated rings. The third-order valence-corrected chi connectivity index (χ3v) is 1.79. The summed E-state index contributed by atoms with van der Waals surface area (Å²) in [5, 5.41) is 9.39. The molecule has 0 aromatic heterocycles. The fourth-order valence-corrected chi connectivity index (χ4v) is 0.751. The number of aliphatic hydroxyl groups is 1. The second kappa shape index (κ2) is 6.61. The summed E-state index contributed by atoms with van der Waals surface area (Å²) in [5.41, 5.74) is 0. The van der Waals surface area contributed by atoms with E-state index in [0.717, 1.165) is 6.42 Å². The second-order valence-electron chi connectivity index (χ2n) is 2.23. The Morgan fingerprint density at radius 2 is 2.36 bits per heavy atom. The Morgan fingerprint density at radius 1 is 1.73 bits per heavy atom. The first-order chi connectivity index (χ1) is 5.20. The predicted molar refractivity (Wildman–Crippen MR) is 45.7 cm³/mol. The zero-order valence-electron chi connectivity index (χ0n) is 6.55. The summed E-state index contributed by atoms with van der Waals surface area (Å²) in [6.45, 7) is 2.36. The zero-order chi connectivity index (χ0) is 8.69. The maximum atomic E-state index is 10.8. The van der Waals surface area contributed by atoms with E-state index in [2.05, 4.69) is 15.9 Å². The molecule has 0 spiro atoms. The number of carbonyl (C=O) groups excluding carboxylic acids is 1. The summed E-state index contributed by atoms with van der Waals surface area (Å²) in [5.74, 6) is -0.334. The highest BCUT2D eigenvalue weighted by Crippen LogP contribution is 1.98. The number of hydrogen-bond donors (Lipinski definition) is 1. The van der Waals surface area contributed by atoms with E-state index in [1.807, 2.05) is 6.92 Å². The van der Waals surface area contributed by atoms with Gasteiger partial charge in [0.05, 0.1) is 19.1 Å². The maximum absolute atomic E-state index is 10.8. The van der Waals surface area contributed by atoms with Gasteiger partial charge in [0.25, 0.3) is 0 Å². The van der Waals surface area contributed by atoms with Crippen LogP contribution in [0.15, 0.2) is 0 Å². The monoisotopic (exact) mass is 224 g/mol. The van der Waals surface area contributed by atoms with Crippen LogP contribution in [0, 0.1) is 0 Å². The van der Waals surface area contributed by atoms with Gasteiger partial charge in [-0.25, -0.2) is 0 Å². The largest absolute Gasteiger partial charge is 0.466 e. The molecule has 0 heterocycles. The number of alkyl halides is 1. The van der Waals surface area contributed by atoms with Gasteiger partial charge in [-0.05, 0) is 6.42 Å². The van der Waals surface area contributed by atoms with Crippen LogP contribution in [0.1, 0.15) is 19.8 Å². The van der Waals surface area contributed by atoms with Gasteiger partial charge in [-0.1, -0.05) is 22.9 Å². The van der Waals surface area contributed by atoms with Crippen molar-refractivity contribution in [3.05, 3.63) is 0 Å². The van der Waals surface area contributed by atoms with Crippen molar-refractivity contribution in [1.29, 1.82) is 0 Å². The smallest absolute Gasteiger partial charge is 0.308 e. The third kappa shape index (κ3) is 6.31. The Bertz CT molecular complexity index is 116. The second-order valence-corrected chi connectivity index (χ2v) is 2.88. The van der Waals surface area contributed by atoms with Crippen LogP contribution in [0.3, 0.4) is 0 Å². The van der Waals surface area contributed by atoms with Crippen LogP contribution in [0.2, 0.25) is 0 Å². The highest BCUT2D eigenvalue weighted by molar-refractivity contribution is 9.09. The van der Waals surface area contributed by atoms with Crippen molar-refractivity contribution in [1.82, 2.24) is 0 Å². The maximum Gasteiger partial charge on any atom is 0.308 e. The van der Waals surface area contributed by atoms with Crippen molar-refractivity contribution in [3.8, 4) is 0 Å². The number of halogens is 1. The number of carbonyl (C=O) groups is 1. The SMILES string of the molecule is CCCOC(=O)C[C@@H](O)CBr. The lowest BCUT2D eigenvalue weighted by atomic mass is 10.3. The van der Waals surface area contributed by atoms with Crippen molar-refractivity contribution in [3.63, 3.8) is 0 Å². The molecule has 0 aromatic rings. The van der Waals surface area contributed by atoms with E-state index in [9.17, 15) is 4.79 Å². The minimum atomic E-state index is -0.626. The summed E-state index contributed by atoms with van der Waals surface area (Å²) in [7, 11) is 0. The van der Waals surface area contributed by atoms with Crippen molar-refractivity contribution in [2.75, 3.05) is 11.9 Å². The van der Waals surface area contributed by atoms with Crippen molar-refractivity contribution in [2.45, 2.75) is 25.9 Å². The molecule has 0 aliphatic carbocycles. The normalized spacial score (nSPS) is 12.6. The van der Waals surface area contributed by atoms with Gasteiger partial charge in [0.1, 0.15) is 0 Å². The van der Waals surface area contributed by atoms with Gasteiger partial charge < -0.3 is 9.84 Å². The molecule has 0 radical (unpaired) electrons. The molecule has 1 atom stereocenters. The fraction of sp³-hybridized carbons (Fsp3) is 0.857. The van der Waals surface area contributed by atoms with Gasteiger partial charge in [0.2, 0.25) is 0 Å². The summed E-state index contributed by atoms with van der Waals surface area (Å²) >= 11 is 3.05. The lowest BCUT2D eigenvalue weighted by Crippen LogP contribution is -2.16. The van der Waals surface area contributed by atoms with Gasteiger partial charge >= 0.3 is 5.97 Å². The topological polar surface area (TPSA) is 46.5 Å². The standard InChI is InChI=1S/C7H13BrO3/c1-2-3-11-7(10)4-6(9)5-8/h6,9H,2-5H2,1H3/t6-/m1/s1. The molecule has 1 N–H and O–H groups in total. The highest BCUT2D eigenvalue weighted by atomic mass is 79.9. The van der Waals surface area contributed by atoms with E-state index < -0.39 is 6.10 Å². The van der Waals surface area contributed by atoms with Gasteiger partial charge in [0.15, 0.2) is 0 Å². The molecule has 3 nitrogen and oxygen atoms in total. The number of aliphatic hydroxyl groups excluding tert-OH is 1. The molecule has 0 saturated heterocycles. The molecule has 0 unspecified atom stereocenters. The number of hydrogen-bond acceptors (Lipinski definition) is 3. The molecular formula is C7H13BrO3. The van der Waals surface area contributed by atoms with Gasteiger partial charge in [0, 0.05) is 5.33 Å². The Kier molecular flexibility index (Phi) is 6.56. The van der Waals surface area contributed by atoms with Gasteiger partial charge in [-0.3, -0.25) is 4.79 Å². The molecule has 66 valence electrons. The molecule has 4 heteroatoms. The Labute approximate surface area is 74.9 Å². The van der Waals surface area contributed by atoms with E-state index in [1.165, 1.54) is 0 Å². The van der Waals surface area contributed by atoms with Crippen LogP contribution in [0.25, 0.3) is 0 Å². The fourth-order valence-electron chi connectivity index (χ4n) is 0.522. The quantitative estimate of drug-likeness (QED) is 0.562. The Morgan fingerprint density at radius 3 is 2.82 bits per heavy atom. The number of rotatable bonds is 5. The van der Waals surface area contributed by atoms with E-state index in [4.69, 9.17) is 9.84 Å². The lowest BCUT2D eigenvalue weighted by Gasteiger charge is -2.05. The molecule has 0 aliphatic rings. The predicted octanol–water partition coefficient (Wildman–Crippen LogP) is 1.09. The summed E-state index contributed by atoms with van der Waals surface area (Å²) in [4.78, 5) is 10.8. The molecule has 0 aromatic carbocycles. The number of esters is 1. The minimum absolute atomic E-state index is 0.0747. The average Bonchev–Trinajstić information content (AvgIpc) is 2.00. The van der Waals surface area contributed by atoms with Gasteiger partial charge in [-0.15, -0.1) is 0 Å². The molecule has 0 saturated carbocycles. The first-order valence-corrected chi connectivity index (χ1v) is 4.72. The van der Waals surface area contributed by atoms with Crippen LogP contribution in [-0.4, -0.2) is 29.1 Å². The summed E-state index contributed by atoms with van der Waals surface area (Å²) in [6, 6.07) is 0. The molecule has 0 bridgehead atoms. The van der Waals surface area contributed by atoms with E-state index in [1.54, 1.807) is 0 Å². The molecular weight excluding hydrogens is 212 g/mol. The van der Waals surface area contributed by atoms with Crippen LogP contribution in [0.4, 0.5) is 0 Å². The van der Waals surface area contributed by atoms with E-state index in [-0.39, 0.29) is 12.4 Å². The van der Waals surface area contributed by atoms with E-state index in [0.29, 0.717) is 11.9 Å². The van der Waals surface area contributed by atoms with Crippen molar-refractivity contribution in [2.24, 2.45) is 0 Å². The summed E-state index contributed by atoms with van der Waals surface area (Å²) < 4.78 is 4.74. The van der Waals surface area contributed by atoms with Crippen LogP contribution in [-0.2, 0) is 9.53 Å². The molecule has 11 heavy (non-hydrogen) atoms. The van der Waals surface area contributed by atoms with Crippen LogP contribution in [0.5, 0.6) is 0 Å². The van der Waals surface area contributed by atoms with E-state index >= 15 is 0 Å². The Hall–Kier alpha value is -0.0900. The lowest BCUT2D eigenvalue weighted by molar-refractivity contribution is -0.145. The van der Waals surface area contributed by atoms with Crippen molar-refractivity contribution < 1.29 is 14.6 Å². The van der Waals surface area contributed by atoms with Crippen LogP contribution >= 0.6 is 15.9 Å². The average molecular weight is 225 g/mol. The summed E-state index contributed by atoms with van der Waals surface area (Å²) in [6.07, 6.45) is 0.265. The van der Waals surface area contributed by atoms with Crippen LogP contribution < -0.4 is 0 Å². The third-order valence-electron chi connectivity index (χ3n) is 1.05. The number of ether oxygens (including phenoxy) is 1. The zero-order valence-corrected chi connectivity index (χ0v) is 8.13. The molecule has 0 amide bonds. The first kappa shape index (κ1) is 10.9. The van der Waals surface area contributed by atoms with Gasteiger partial charge in [-0.2, -0.15) is 0 Å². The first-order valence-electron chi connectivity index (χ1n) is 3.60. The highest BCUT2D eigenvalue weighted by Gasteiger charge is 2.09. The minimum Gasteiger partial charge on any atom is -0.466 e. The Balaban J connectivity index is 3.36. The molecule has 0 aliphatic heterocycles.